The van der Waals surface area contributed by atoms with Crippen LogP contribution in [0.2, 0.25) is 0 Å². The van der Waals surface area contributed by atoms with Crippen molar-refractivity contribution in [2.24, 2.45) is 5.73 Å². The molecule has 1 aromatic carbocycles. The minimum Gasteiger partial charge on any atom is -0.323 e. The van der Waals surface area contributed by atoms with Crippen molar-refractivity contribution < 1.29 is 4.39 Å². The zero-order chi connectivity index (χ0) is 13.4. The van der Waals surface area contributed by atoms with Crippen LogP contribution >= 0.6 is 22.7 Å². The zero-order valence-corrected chi connectivity index (χ0v) is 12.2. The van der Waals surface area contributed by atoms with Gasteiger partial charge in [-0.25, -0.2) is 4.39 Å². The summed E-state index contributed by atoms with van der Waals surface area (Å²) in [7, 11) is 0. The molecule has 0 radical (unpaired) electrons. The third-order valence-electron chi connectivity index (χ3n) is 3.27. The molecule has 3 aromatic rings. The van der Waals surface area contributed by atoms with Crippen molar-refractivity contribution in [2.45, 2.75) is 19.4 Å². The molecule has 3 rings (SSSR count). The van der Waals surface area contributed by atoms with Crippen molar-refractivity contribution in [1.29, 1.82) is 0 Å². The molecule has 19 heavy (non-hydrogen) atoms. The van der Waals surface area contributed by atoms with Crippen LogP contribution in [0.25, 0.3) is 9.40 Å². The standard InChI is InChI=1S/C15H14FNS2/c1-9-2-3-11(16)6-10(9)7-12(17)14-8-15-13(19-14)4-5-18-15/h2-6,8,12H,7,17H2,1H3. The number of benzene rings is 1. The minimum atomic E-state index is -0.194. The molecule has 0 spiro atoms. The highest BCUT2D eigenvalue weighted by molar-refractivity contribution is 7.26. The van der Waals surface area contributed by atoms with Crippen LogP contribution in [-0.2, 0) is 6.42 Å². The lowest BCUT2D eigenvalue weighted by Gasteiger charge is -2.12. The number of nitrogens with two attached hydrogens (primary N) is 1. The molecule has 2 heterocycles. The van der Waals surface area contributed by atoms with Crippen LogP contribution in [-0.4, -0.2) is 0 Å². The molecular formula is C15H14FNS2. The Morgan fingerprint density at radius 2 is 2.05 bits per heavy atom. The summed E-state index contributed by atoms with van der Waals surface area (Å²) in [6.07, 6.45) is 0.678. The Kier molecular flexibility index (Phi) is 3.39. The summed E-state index contributed by atoms with van der Waals surface area (Å²) in [4.78, 5) is 1.17. The third kappa shape index (κ3) is 2.56. The fourth-order valence-electron chi connectivity index (χ4n) is 2.16. The van der Waals surface area contributed by atoms with Crippen molar-refractivity contribution >= 4 is 32.1 Å². The van der Waals surface area contributed by atoms with Crippen molar-refractivity contribution in [3.8, 4) is 0 Å². The first-order valence-corrected chi connectivity index (χ1v) is 7.80. The molecule has 0 saturated carbocycles. The summed E-state index contributed by atoms with van der Waals surface area (Å²) >= 11 is 3.47. The lowest BCUT2D eigenvalue weighted by Crippen LogP contribution is -2.12. The average molecular weight is 291 g/mol. The van der Waals surface area contributed by atoms with E-state index in [9.17, 15) is 4.39 Å². The van der Waals surface area contributed by atoms with E-state index in [0.29, 0.717) is 6.42 Å². The highest BCUT2D eigenvalue weighted by atomic mass is 32.1. The molecule has 0 bridgehead atoms. The molecule has 0 amide bonds. The quantitative estimate of drug-likeness (QED) is 0.746. The number of hydrogen-bond acceptors (Lipinski definition) is 3. The van der Waals surface area contributed by atoms with E-state index in [0.717, 1.165) is 11.1 Å². The Balaban J connectivity index is 1.86. The van der Waals surface area contributed by atoms with E-state index in [-0.39, 0.29) is 11.9 Å². The largest absolute Gasteiger partial charge is 0.323 e. The summed E-state index contributed by atoms with van der Waals surface area (Å²) in [6.45, 7) is 1.99. The highest BCUT2D eigenvalue weighted by Crippen LogP contribution is 2.33. The number of rotatable bonds is 3. The molecule has 0 aliphatic carbocycles. The van der Waals surface area contributed by atoms with Gasteiger partial charge in [0.25, 0.3) is 0 Å². The number of hydrogen-bond donors (Lipinski definition) is 1. The Hall–Kier alpha value is -1.23. The van der Waals surface area contributed by atoms with Crippen LogP contribution in [0, 0.1) is 12.7 Å². The van der Waals surface area contributed by atoms with Gasteiger partial charge in [0.05, 0.1) is 0 Å². The normalized spacial score (nSPS) is 13.0. The van der Waals surface area contributed by atoms with Gasteiger partial charge in [-0.15, -0.1) is 22.7 Å². The Morgan fingerprint density at radius 3 is 2.84 bits per heavy atom. The molecular weight excluding hydrogens is 277 g/mol. The van der Waals surface area contributed by atoms with E-state index in [1.165, 1.54) is 20.3 Å². The van der Waals surface area contributed by atoms with Gasteiger partial charge in [-0.2, -0.15) is 0 Å². The van der Waals surface area contributed by atoms with Gasteiger partial charge in [-0.1, -0.05) is 6.07 Å². The number of fused-ring (bicyclic) bond motifs is 1. The first kappa shape index (κ1) is 12.8. The Bertz CT molecular complexity index is 685. The van der Waals surface area contributed by atoms with Gasteiger partial charge in [0.15, 0.2) is 0 Å². The molecule has 1 nitrogen and oxygen atoms in total. The first-order chi connectivity index (χ1) is 9.13. The van der Waals surface area contributed by atoms with Crippen LogP contribution in [0.15, 0.2) is 35.7 Å². The van der Waals surface area contributed by atoms with E-state index in [1.807, 2.05) is 13.0 Å². The zero-order valence-electron chi connectivity index (χ0n) is 10.5. The molecule has 0 aliphatic rings. The summed E-state index contributed by atoms with van der Waals surface area (Å²) in [5, 5.41) is 2.09. The molecule has 98 valence electrons. The van der Waals surface area contributed by atoms with Crippen LogP contribution < -0.4 is 5.73 Å². The van der Waals surface area contributed by atoms with Gasteiger partial charge in [0.1, 0.15) is 5.82 Å². The molecule has 0 saturated heterocycles. The molecule has 4 heteroatoms. The monoisotopic (exact) mass is 291 g/mol. The number of aryl methyl sites for hydroxylation is 1. The fraction of sp³-hybridized carbons (Fsp3) is 0.200. The second-order valence-electron chi connectivity index (χ2n) is 4.68. The molecule has 1 atom stereocenters. The molecule has 2 N–H and O–H groups in total. The van der Waals surface area contributed by atoms with E-state index >= 15 is 0 Å². The lowest BCUT2D eigenvalue weighted by molar-refractivity contribution is 0.621. The maximum Gasteiger partial charge on any atom is 0.123 e. The number of thiophene rings is 2. The average Bonchev–Trinajstić information content (AvgIpc) is 2.94. The summed E-state index contributed by atoms with van der Waals surface area (Å²) in [5.74, 6) is -0.194. The van der Waals surface area contributed by atoms with Crippen molar-refractivity contribution in [3.63, 3.8) is 0 Å². The van der Waals surface area contributed by atoms with Crippen molar-refractivity contribution in [3.05, 3.63) is 57.5 Å². The van der Waals surface area contributed by atoms with E-state index in [2.05, 4.69) is 17.5 Å². The van der Waals surface area contributed by atoms with Crippen LogP contribution in [0.4, 0.5) is 4.39 Å². The van der Waals surface area contributed by atoms with Crippen molar-refractivity contribution in [2.75, 3.05) is 0 Å². The van der Waals surface area contributed by atoms with Gasteiger partial charge in [-0.05, 0) is 54.1 Å². The number of halogens is 1. The molecule has 2 aromatic heterocycles. The smallest absolute Gasteiger partial charge is 0.123 e. The van der Waals surface area contributed by atoms with Gasteiger partial charge < -0.3 is 5.73 Å². The highest BCUT2D eigenvalue weighted by Gasteiger charge is 2.13. The Labute approximate surface area is 119 Å². The van der Waals surface area contributed by atoms with Gasteiger partial charge in [0, 0.05) is 20.3 Å². The lowest BCUT2D eigenvalue weighted by atomic mass is 10.0. The first-order valence-electron chi connectivity index (χ1n) is 6.11. The van der Waals surface area contributed by atoms with E-state index < -0.39 is 0 Å². The molecule has 0 fully saturated rings. The van der Waals surface area contributed by atoms with Crippen molar-refractivity contribution in [1.82, 2.24) is 0 Å². The third-order valence-corrected chi connectivity index (χ3v) is 5.50. The second kappa shape index (κ2) is 5.04. The second-order valence-corrected chi connectivity index (χ2v) is 6.74. The summed E-state index contributed by atoms with van der Waals surface area (Å²) < 4.78 is 15.8. The predicted molar refractivity (Wildman–Crippen MR) is 81.5 cm³/mol. The maximum atomic E-state index is 13.3. The minimum absolute atomic E-state index is 0.0647. The Morgan fingerprint density at radius 1 is 1.21 bits per heavy atom. The molecule has 0 aliphatic heterocycles. The summed E-state index contributed by atoms with van der Waals surface area (Å²) in [5.41, 5.74) is 8.34. The fourth-order valence-corrected chi connectivity index (χ4v) is 4.29. The van der Waals surface area contributed by atoms with E-state index in [4.69, 9.17) is 5.73 Å². The van der Waals surface area contributed by atoms with E-state index in [1.54, 1.807) is 28.7 Å². The predicted octanol–water partition coefficient (Wildman–Crippen LogP) is 4.65. The SMILES string of the molecule is Cc1ccc(F)cc1CC(N)c1cc2sccc2s1. The van der Waals surface area contributed by atoms with Gasteiger partial charge in [-0.3, -0.25) is 0 Å². The topological polar surface area (TPSA) is 26.0 Å². The molecule has 1 unspecified atom stereocenters. The summed E-state index contributed by atoms with van der Waals surface area (Å²) in [6, 6.07) is 9.10. The van der Waals surface area contributed by atoms with Gasteiger partial charge in [0.2, 0.25) is 0 Å². The maximum absolute atomic E-state index is 13.3. The van der Waals surface area contributed by atoms with Gasteiger partial charge >= 0.3 is 0 Å². The van der Waals surface area contributed by atoms with Crippen LogP contribution in [0.5, 0.6) is 0 Å². The van der Waals surface area contributed by atoms with Crippen LogP contribution in [0.1, 0.15) is 22.0 Å². The van der Waals surface area contributed by atoms with Crippen LogP contribution in [0.3, 0.4) is 0 Å².